The highest BCUT2D eigenvalue weighted by atomic mass is 16.5. The van der Waals surface area contributed by atoms with Gasteiger partial charge in [0.2, 0.25) is 29.5 Å². The summed E-state index contributed by atoms with van der Waals surface area (Å²) in [5.74, 6) is -1.78. The van der Waals surface area contributed by atoms with Gasteiger partial charge in [0, 0.05) is 73.5 Å². The predicted molar refractivity (Wildman–Crippen MR) is 236 cm³/mol. The lowest BCUT2D eigenvalue weighted by Crippen LogP contribution is -2.61. The van der Waals surface area contributed by atoms with Crippen LogP contribution in [-0.2, 0) is 39.9 Å². The maximum atomic E-state index is 14.5. The first-order chi connectivity index (χ1) is 28.6. The van der Waals surface area contributed by atoms with Gasteiger partial charge in [-0.25, -0.2) is 0 Å². The smallest absolute Gasteiger partial charge is 0.245 e. The summed E-state index contributed by atoms with van der Waals surface area (Å²) in [5, 5.41) is 9.54. The van der Waals surface area contributed by atoms with Crippen molar-refractivity contribution in [2.24, 2.45) is 23.7 Å². The van der Waals surface area contributed by atoms with Crippen molar-refractivity contribution in [3.8, 4) is 0 Å². The van der Waals surface area contributed by atoms with Crippen LogP contribution in [0.3, 0.4) is 0 Å². The molecule has 2 saturated heterocycles. The molecule has 14 nitrogen and oxygen atoms in total. The van der Waals surface area contributed by atoms with Gasteiger partial charge in [0.1, 0.15) is 12.1 Å². The number of likely N-dealkylation sites (N-methyl/N-ethyl adjacent to an activating group) is 2. The third-order valence-electron chi connectivity index (χ3n) is 12.9. The number of likely N-dealkylation sites (tertiary alicyclic amines) is 1. The van der Waals surface area contributed by atoms with Gasteiger partial charge in [0.25, 0.3) is 0 Å². The van der Waals surface area contributed by atoms with Gasteiger partial charge in [0.05, 0.1) is 42.7 Å². The van der Waals surface area contributed by atoms with E-state index in [9.17, 15) is 24.0 Å². The summed E-state index contributed by atoms with van der Waals surface area (Å²) in [6.07, 6.45) is 1.24. The Morgan fingerprint density at radius 3 is 2.00 bits per heavy atom. The van der Waals surface area contributed by atoms with Crippen LogP contribution in [0.2, 0.25) is 0 Å². The minimum atomic E-state index is -0.765. The summed E-state index contributed by atoms with van der Waals surface area (Å²) in [6, 6.07) is 6.93. The molecule has 0 spiro atoms. The SMILES string of the molecule is CC[C@H](C)[C@@H](C(CC(=O)N1CCC[C@H]1[C@H](OC)[C@@H](C)C(=O)N[C@@H](Cc1ccccc1)C(=O)N(CC)CC)OC)N(C)C(=O)[C@@H](NC(=O)[C@H](C(C)C)N1CCNCC1)C(C)C. The predicted octanol–water partition coefficient (Wildman–Crippen LogP) is 3.57. The minimum absolute atomic E-state index is 0.0191. The first-order valence-corrected chi connectivity index (χ1v) is 22.6. The maximum absolute atomic E-state index is 14.5. The van der Waals surface area contributed by atoms with Gasteiger partial charge < -0.3 is 40.1 Å². The number of nitrogens with one attached hydrogen (secondary N) is 3. The van der Waals surface area contributed by atoms with E-state index in [0.717, 1.165) is 44.6 Å². The zero-order valence-electron chi connectivity index (χ0n) is 38.9. The fourth-order valence-electron chi connectivity index (χ4n) is 9.24. The number of hydrogen-bond acceptors (Lipinski definition) is 9. The van der Waals surface area contributed by atoms with Crippen molar-refractivity contribution >= 4 is 29.5 Å². The van der Waals surface area contributed by atoms with E-state index in [4.69, 9.17) is 9.47 Å². The van der Waals surface area contributed by atoms with E-state index in [-0.39, 0.29) is 65.8 Å². The van der Waals surface area contributed by atoms with Crippen molar-refractivity contribution in [1.29, 1.82) is 0 Å². The molecule has 3 rings (SSSR count). The molecule has 9 atom stereocenters. The molecule has 14 heteroatoms. The number of carbonyl (C=O) groups excluding carboxylic acids is 5. The molecule has 0 aromatic heterocycles. The number of hydrogen-bond donors (Lipinski definition) is 3. The average molecular weight is 842 g/mol. The van der Waals surface area contributed by atoms with Crippen LogP contribution in [0.4, 0.5) is 0 Å². The zero-order valence-corrected chi connectivity index (χ0v) is 38.9. The van der Waals surface area contributed by atoms with Crippen molar-refractivity contribution in [3.05, 3.63) is 35.9 Å². The highest BCUT2D eigenvalue weighted by molar-refractivity contribution is 5.91. The van der Waals surface area contributed by atoms with Crippen LogP contribution in [0, 0.1) is 23.7 Å². The number of carbonyl (C=O) groups is 5. The minimum Gasteiger partial charge on any atom is -0.379 e. The van der Waals surface area contributed by atoms with Crippen molar-refractivity contribution in [2.45, 2.75) is 137 Å². The molecule has 0 bridgehead atoms. The molecule has 0 saturated carbocycles. The first kappa shape index (κ1) is 50.8. The Hall–Kier alpha value is -3.59. The molecule has 2 fully saturated rings. The van der Waals surface area contributed by atoms with E-state index >= 15 is 0 Å². The second-order valence-electron chi connectivity index (χ2n) is 17.6. The van der Waals surface area contributed by atoms with Crippen LogP contribution in [0.5, 0.6) is 0 Å². The Balaban J connectivity index is 1.80. The van der Waals surface area contributed by atoms with Gasteiger partial charge in [-0.05, 0) is 50.0 Å². The molecule has 2 heterocycles. The second-order valence-corrected chi connectivity index (χ2v) is 17.6. The quantitative estimate of drug-likeness (QED) is 0.150. The fraction of sp³-hybridized carbons (Fsp3) is 0.761. The molecule has 5 amide bonds. The third-order valence-corrected chi connectivity index (χ3v) is 12.9. The highest BCUT2D eigenvalue weighted by Crippen LogP contribution is 2.30. The molecule has 0 aliphatic carbocycles. The summed E-state index contributed by atoms with van der Waals surface area (Å²) in [6.45, 7) is 22.4. The van der Waals surface area contributed by atoms with Crippen molar-refractivity contribution in [2.75, 3.05) is 67.1 Å². The Bertz CT molecular complexity index is 1500. The normalized spacial score (nSPS) is 20.1. The van der Waals surface area contributed by atoms with Crippen LogP contribution >= 0.6 is 0 Å². The Morgan fingerprint density at radius 1 is 0.833 bits per heavy atom. The number of methoxy groups -OCH3 is 2. The lowest BCUT2D eigenvalue weighted by molar-refractivity contribution is -0.148. The van der Waals surface area contributed by atoms with Crippen molar-refractivity contribution in [3.63, 3.8) is 0 Å². The molecule has 2 aliphatic rings. The fourth-order valence-corrected chi connectivity index (χ4v) is 9.24. The lowest BCUT2D eigenvalue weighted by atomic mass is 9.89. The van der Waals surface area contributed by atoms with Gasteiger partial charge >= 0.3 is 0 Å². The molecule has 1 aromatic rings. The van der Waals surface area contributed by atoms with Gasteiger partial charge in [-0.15, -0.1) is 0 Å². The van der Waals surface area contributed by atoms with Crippen LogP contribution in [0.15, 0.2) is 30.3 Å². The van der Waals surface area contributed by atoms with Gasteiger partial charge in [-0.3, -0.25) is 28.9 Å². The van der Waals surface area contributed by atoms with Gasteiger partial charge in [0.15, 0.2) is 0 Å². The largest absolute Gasteiger partial charge is 0.379 e. The van der Waals surface area contributed by atoms with E-state index < -0.39 is 36.3 Å². The van der Waals surface area contributed by atoms with Gasteiger partial charge in [-0.1, -0.05) is 85.2 Å². The maximum Gasteiger partial charge on any atom is 0.245 e. The van der Waals surface area contributed by atoms with E-state index in [2.05, 4.69) is 34.7 Å². The molecular weight excluding hydrogens is 763 g/mol. The summed E-state index contributed by atoms with van der Waals surface area (Å²) >= 11 is 0. The summed E-state index contributed by atoms with van der Waals surface area (Å²) in [5.41, 5.74) is 0.942. The lowest BCUT2D eigenvalue weighted by Gasteiger charge is -2.41. The van der Waals surface area contributed by atoms with Crippen LogP contribution in [-0.4, -0.2) is 159 Å². The Kier molecular flexibility index (Phi) is 20.9. The standard InChI is InChI=1S/C46H79N7O7/c1-13-32(8)41(50(10)46(58)39(30(4)5)49-44(56)40(31(6)7)52-26-23-47-24-27-52)37(59-11)29-38(54)53-25-19-22-36(53)42(60-12)33(9)43(55)48-35(45(57)51(14-2)15-3)28-34-20-17-16-18-21-34/h16-18,20-21,30-33,35-37,39-42,47H,13-15,19,22-29H2,1-12H3,(H,48,55)(H,49,56)/t32-,33+,35-,36-,37?,39-,40-,41-,42+/m0/s1. The molecule has 0 radical (unpaired) electrons. The number of amides is 5. The topological polar surface area (TPSA) is 153 Å². The number of piperazine rings is 1. The number of ether oxygens (including phenoxy) is 2. The Morgan fingerprint density at radius 2 is 1.47 bits per heavy atom. The second kappa shape index (κ2) is 24.8. The monoisotopic (exact) mass is 842 g/mol. The van der Waals surface area contributed by atoms with Crippen LogP contribution in [0.1, 0.15) is 93.6 Å². The average Bonchev–Trinajstić information content (AvgIpc) is 3.72. The summed E-state index contributed by atoms with van der Waals surface area (Å²) in [4.78, 5) is 77.9. The molecule has 1 aromatic carbocycles. The van der Waals surface area contributed by atoms with E-state index in [0.29, 0.717) is 32.5 Å². The molecule has 1 unspecified atom stereocenters. The number of rotatable bonds is 23. The molecule has 60 heavy (non-hydrogen) atoms. The van der Waals surface area contributed by atoms with Crippen LogP contribution in [0.25, 0.3) is 0 Å². The van der Waals surface area contributed by atoms with Crippen LogP contribution < -0.4 is 16.0 Å². The highest BCUT2D eigenvalue weighted by Gasteiger charge is 2.44. The number of nitrogens with zero attached hydrogens (tertiary/aromatic N) is 4. The van der Waals surface area contributed by atoms with E-state index in [1.165, 1.54) is 0 Å². The molecule has 3 N–H and O–H groups in total. The molecule has 340 valence electrons. The molecular formula is C46H79N7O7. The Labute approximate surface area is 361 Å². The summed E-state index contributed by atoms with van der Waals surface area (Å²) < 4.78 is 12.1. The van der Waals surface area contributed by atoms with E-state index in [1.54, 1.807) is 42.9 Å². The van der Waals surface area contributed by atoms with Crippen molar-refractivity contribution < 1.29 is 33.4 Å². The zero-order chi connectivity index (χ0) is 44.7. The molecule has 2 aliphatic heterocycles. The van der Waals surface area contributed by atoms with E-state index in [1.807, 2.05) is 71.9 Å². The number of benzene rings is 1. The summed E-state index contributed by atoms with van der Waals surface area (Å²) in [7, 11) is 4.89. The third kappa shape index (κ3) is 13.2. The first-order valence-electron chi connectivity index (χ1n) is 22.6. The van der Waals surface area contributed by atoms with Crippen molar-refractivity contribution in [1.82, 2.24) is 35.6 Å². The van der Waals surface area contributed by atoms with Gasteiger partial charge in [-0.2, -0.15) is 0 Å².